The molecule has 0 bridgehead atoms. The van der Waals surface area contributed by atoms with E-state index < -0.39 is 29.4 Å². The number of nitriles is 1. The molecule has 0 unspecified atom stereocenters. The molecule has 0 saturated carbocycles. The molecule has 1 aliphatic heterocycles. The molecule has 0 spiro atoms. The molecule has 4 rings (SSSR count). The molecule has 3 atom stereocenters. The molecule has 1 fully saturated rings. The molecule has 9 nitrogen and oxygen atoms in total. The molecule has 34 heavy (non-hydrogen) atoms. The fraction of sp³-hybridized carbons (Fsp3) is 0.320. The van der Waals surface area contributed by atoms with Crippen molar-refractivity contribution in [2.45, 2.75) is 24.2 Å². The number of amides is 1. The number of oxazole rings is 1. The van der Waals surface area contributed by atoms with Crippen LogP contribution in [0.25, 0.3) is 22.2 Å². The normalized spacial score (nSPS) is 21.4. The zero-order valence-corrected chi connectivity index (χ0v) is 18.8. The summed E-state index contributed by atoms with van der Waals surface area (Å²) in [4.78, 5) is 24.3. The number of hydrogen-bond donors (Lipinski definition) is 3. The molecular formula is C25H26N4O5. The van der Waals surface area contributed by atoms with E-state index in [9.17, 15) is 20.0 Å². The van der Waals surface area contributed by atoms with Crippen molar-refractivity contribution in [1.82, 2.24) is 15.2 Å². The summed E-state index contributed by atoms with van der Waals surface area (Å²) < 4.78 is 12.2. The van der Waals surface area contributed by atoms with Crippen LogP contribution in [0.2, 0.25) is 0 Å². The lowest BCUT2D eigenvalue weighted by Crippen LogP contribution is -2.46. The highest BCUT2D eigenvalue weighted by atomic mass is 16.5. The zero-order valence-electron chi connectivity index (χ0n) is 18.8. The van der Waals surface area contributed by atoms with Gasteiger partial charge in [0, 0.05) is 26.6 Å². The van der Waals surface area contributed by atoms with Crippen LogP contribution in [-0.2, 0) is 23.0 Å². The number of rotatable bonds is 6. The van der Waals surface area contributed by atoms with Gasteiger partial charge in [-0.3, -0.25) is 9.36 Å². The van der Waals surface area contributed by atoms with Gasteiger partial charge in [-0.05, 0) is 28.8 Å². The Labute approximate surface area is 196 Å². The third-order valence-electron chi connectivity index (χ3n) is 5.96. The largest absolute Gasteiger partial charge is 0.419 e. The maximum absolute atomic E-state index is 12.6. The first-order chi connectivity index (χ1) is 16.3. The summed E-state index contributed by atoms with van der Waals surface area (Å²) in [7, 11) is 1.66. The highest BCUT2D eigenvalue weighted by molar-refractivity contribution is 5.82. The van der Waals surface area contributed by atoms with E-state index in [1.807, 2.05) is 36.4 Å². The minimum Gasteiger partial charge on any atom is -0.408 e. The summed E-state index contributed by atoms with van der Waals surface area (Å²) in [6.45, 7) is 3.99. The Morgan fingerprint density at radius 3 is 2.82 bits per heavy atom. The number of carbonyl (C=O) groups is 1. The SMILES string of the molecule is C=C[C@]1(O)CNC[C@@H](C(=O)N[C@H](C#N)Cc2ccc(-c3ccc4oc(=O)n(C)c4c3)cc2)OC1. The van der Waals surface area contributed by atoms with Crippen LogP contribution in [-0.4, -0.2) is 53.0 Å². The van der Waals surface area contributed by atoms with Gasteiger partial charge in [0.05, 0.1) is 18.2 Å². The molecular weight excluding hydrogens is 436 g/mol. The first-order valence-electron chi connectivity index (χ1n) is 10.9. The van der Waals surface area contributed by atoms with E-state index in [2.05, 4.69) is 23.3 Å². The van der Waals surface area contributed by atoms with Crippen LogP contribution in [0.3, 0.4) is 0 Å². The van der Waals surface area contributed by atoms with E-state index in [0.717, 1.165) is 16.7 Å². The van der Waals surface area contributed by atoms with Gasteiger partial charge < -0.3 is 24.9 Å². The van der Waals surface area contributed by atoms with E-state index in [-0.39, 0.29) is 19.7 Å². The molecule has 1 aliphatic rings. The second-order valence-electron chi connectivity index (χ2n) is 8.44. The molecule has 2 heterocycles. The van der Waals surface area contributed by atoms with Crippen molar-refractivity contribution < 1.29 is 19.1 Å². The van der Waals surface area contributed by atoms with Crippen LogP contribution in [0.5, 0.6) is 0 Å². The summed E-state index contributed by atoms with van der Waals surface area (Å²) in [5.41, 5.74) is 2.77. The molecule has 3 N–H and O–H groups in total. The Morgan fingerprint density at radius 2 is 2.12 bits per heavy atom. The smallest absolute Gasteiger partial charge is 0.408 e. The second kappa shape index (κ2) is 9.65. The Bertz CT molecular complexity index is 1300. The van der Waals surface area contributed by atoms with Crippen molar-refractivity contribution in [2.75, 3.05) is 19.7 Å². The summed E-state index contributed by atoms with van der Waals surface area (Å²) in [5.74, 6) is -0.823. The van der Waals surface area contributed by atoms with Crippen LogP contribution in [0.1, 0.15) is 5.56 Å². The number of ether oxygens (including phenoxy) is 1. The predicted octanol–water partition coefficient (Wildman–Crippen LogP) is 1.25. The third-order valence-corrected chi connectivity index (χ3v) is 5.96. The van der Waals surface area contributed by atoms with Crippen LogP contribution in [0, 0.1) is 11.3 Å². The molecule has 0 radical (unpaired) electrons. The topological polar surface area (TPSA) is 130 Å². The first-order valence-corrected chi connectivity index (χ1v) is 10.9. The molecule has 0 aliphatic carbocycles. The number of nitrogens with zero attached hydrogens (tertiary/aromatic N) is 2. The zero-order chi connectivity index (χ0) is 24.3. The standard InChI is InChI=1S/C25H26N4O5/c1-3-25(32)14-27-13-22(33-15-25)23(30)28-19(12-26)10-16-4-6-17(7-5-16)18-8-9-21-20(11-18)29(2)24(31)34-21/h3-9,11,19,22,27,32H,1,10,13-15H2,2H3,(H,28,30)/t19-,22-,25-/m0/s1. The van der Waals surface area contributed by atoms with Crippen molar-refractivity contribution in [3.05, 3.63) is 71.2 Å². The average molecular weight is 463 g/mol. The van der Waals surface area contributed by atoms with Gasteiger partial charge in [-0.25, -0.2) is 4.79 Å². The van der Waals surface area contributed by atoms with Gasteiger partial charge in [0.25, 0.3) is 5.91 Å². The number of carbonyl (C=O) groups excluding carboxylic acids is 1. The van der Waals surface area contributed by atoms with E-state index in [4.69, 9.17) is 9.15 Å². The highest BCUT2D eigenvalue weighted by Gasteiger charge is 2.32. The predicted molar refractivity (Wildman–Crippen MR) is 126 cm³/mol. The van der Waals surface area contributed by atoms with Crippen LogP contribution < -0.4 is 16.4 Å². The minimum absolute atomic E-state index is 0.0565. The average Bonchev–Trinajstić information content (AvgIpc) is 3.00. The van der Waals surface area contributed by atoms with E-state index in [1.54, 1.807) is 13.1 Å². The Morgan fingerprint density at radius 1 is 1.38 bits per heavy atom. The number of nitrogens with one attached hydrogen (secondary N) is 2. The monoisotopic (exact) mass is 462 g/mol. The Balaban J connectivity index is 1.40. The number of aryl methyl sites for hydroxylation is 1. The van der Waals surface area contributed by atoms with E-state index in [1.165, 1.54) is 10.6 Å². The van der Waals surface area contributed by atoms with Crippen LogP contribution >= 0.6 is 0 Å². The van der Waals surface area contributed by atoms with E-state index in [0.29, 0.717) is 17.5 Å². The number of aromatic nitrogens is 1. The van der Waals surface area contributed by atoms with Gasteiger partial charge in [-0.15, -0.1) is 6.58 Å². The van der Waals surface area contributed by atoms with Gasteiger partial charge in [-0.1, -0.05) is 36.4 Å². The van der Waals surface area contributed by atoms with Crippen molar-refractivity contribution in [3.8, 4) is 17.2 Å². The van der Waals surface area contributed by atoms with E-state index >= 15 is 0 Å². The van der Waals surface area contributed by atoms with Gasteiger partial charge in [0.1, 0.15) is 17.7 Å². The lowest BCUT2D eigenvalue weighted by molar-refractivity contribution is -0.134. The second-order valence-corrected chi connectivity index (χ2v) is 8.44. The number of β-amino-alcohol motifs (C(OH)–C–C–N with tert-alkyl or cyclic N) is 1. The Kier molecular flexibility index (Phi) is 6.65. The van der Waals surface area contributed by atoms with Gasteiger partial charge in [0.15, 0.2) is 5.58 Å². The number of aliphatic hydroxyl groups is 1. The fourth-order valence-electron chi connectivity index (χ4n) is 3.84. The minimum atomic E-state index is -1.23. The van der Waals surface area contributed by atoms with Crippen molar-refractivity contribution in [2.24, 2.45) is 7.05 Å². The molecule has 3 aromatic rings. The third kappa shape index (κ3) is 4.94. The molecule has 176 valence electrons. The fourth-order valence-corrected chi connectivity index (χ4v) is 3.84. The quantitative estimate of drug-likeness (QED) is 0.470. The van der Waals surface area contributed by atoms with Crippen molar-refractivity contribution >= 4 is 17.0 Å². The highest BCUT2D eigenvalue weighted by Crippen LogP contribution is 2.24. The maximum atomic E-state index is 12.6. The molecule has 1 aromatic heterocycles. The maximum Gasteiger partial charge on any atom is 0.419 e. The number of hydrogen-bond acceptors (Lipinski definition) is 7. The lowest BCUT2D eigenvalue weighted by Gasteiger charge is -2.21. The van der Waals surface area contributed by atoms with Crippen LogP contribution in [0.15, 0.2) is 64.3 Å². The van der Waals surface area contributed by atoms with Gasteiger partial charge in [-0.2, -0.15) is 5.26 Å². The molecule has 9 heteroatoms. The van der Waals surface area contributed by atoms with Crippen molar-refractivity contribution in [3.63, 3.8) is 0 Å². The summed E-state index contributed by atoms with van der Waals surface area (Å²) >= 11 is 0. The molecule has 1 amide bonds. The summed E-state index contributed by atoms with van der Waals surface area (Å²) in [6.07, 6.45) is 0.895. The van der Waals surface area contributed by atoms with Gasteiger partial charge in [0.2, 0.25) is 0 Å². The first kappa shape index (κ1) is 23.4. The number of benzene rings is 2. The summed E-state index contributed by atoms with van der Waals surface area (Å²) in [5, 5.41) is 25.5. The van der Waals surface area contributed by atoms with Crippen LogP contribution in [0.4, 0.5) is 0 Å². The molecule has 1 saturated heterocycles. The van der Waals surface area contributed by atoms with Gasteiger partial charge >= 0.3 is 5.76 Å². The summed E-state index contributed by atoms with van der Waals surface area (Å²) in [6, 6.07) is 14.6. The number of fused-ring (bicyclic) bond motifs is 1. The van der Waals surface area contributed by atoms with Crippen molar-refractivity contribution in [1.29, 1.82) is 5.26 Å². The lowest BCUT2D eigenvalue weighted by atomic mass is 10.0. The Hall–Kier alpha value is -3.71. The molecule has 2 aromatic carbocycles.